The van der Waals surface area contributed by atoms with Gasteiger partial charge in [-0.25, -0.2) is 0 Å². The summed E-state index contributed by atoms with van der Waals surface area (Å²) in [5.41, 5.74) is 1.86. The van der Waals surface area contributed by atoms with E-state index in [1.165, 1.54) is 50.5 Å². The number of halogens is 1. The molecule has 1 spiro atoms. The van der Waals surface area contributed by atoms with Gasteiger partial charge in [-0.1, -0.05) is 54.2 Å². The summed E-state index contributed by atoms with van der Waals surface area (Å²) < 4.78 is 6.29. The van der Waals surface area contributed by atoms with Crippen LogP contribution in [0.1, 0.15) is 57.4 Å². The predicted molar refractivity (Wildman–Crippen MR) is 87.7 cm³/mol. The number of unbranched alkanes of at least 4 members (excludes halogenated alkanes) is 1. The molecule has 2 heteroatoms. The Balaban J connectivity index is 1.60. The fourth-order valence-electron chi connectivity index (χ4n) is 3.81. The molecule has 0 amide bonds. The van der Waals surface area contributed by atoms with Crippen molar-refractivity contribution in [1.29, 1.82) is 0 Å². The molecule has 2 unspecified atom stereocenters. The van der Waals surface area contributed by atoms with Crippen molar-refractivity contribution < 1.29 is 4.74 Å². The van der Waals surface area contributed by atoms with Gasteiger partial charge in [0.15, 0.2) is 0 Å². The first-order valence-corrected chi connectivity index (χ1v) is 9.06. The molecule has 0 saturated heterocycles. The Hall–Kier alpha value is -0.500. The van der Waals surface area contributed by atoms with Crippen LogP contribution in [0.4, 0.5) is 0 Å². The van der Waals surface area contributed by atoms with Gasteiger partial charge in [-0.15, -0.1) is 0 Å². The Bertz CT molecular complexity index is 433. The Morgan fingerprint density at radius 2 is 1.90 bits per heavy atom. The molecule has 2 aliphatic rings. The minimum Gasteiger partial charge on any atom is -0.490 e. The molecule has 20 heavy (non-hydrogen) atoms. The Kier molecular flexibility index (Phi) is 4.40. The summed E-state index contributed by atoms with van der Waals surface area (Å²) in [6.45, 7) is 2.24. The molecule has 2 saturated carbocycles. The second kappa shape index (κ2) is 6.09. The van der Waals surface area contributed by atoms with Gasteiger partial charge in [0.25, 0.3) is 0 Å². The fourth-order valence-corrected chi connectivity index (χ4v) is 4.90. The Labute approximate surface area is 131 Å². The molecule has 0 aliphatic heterocycles. The van der Waals surface area contributed by atoms with Gasteiger partial charge in [0.1, 0.15) is 11.9 Å². The lowest BCUT2D eigenvalue weighted by Gasteiger charge is -2.51. The van der Waals surface area contributed by atoms with Crippen LogP contribution in [0.3, 0.4) is 0 Å². The molecule has 2 atom stereocenters. The molecule has 1 nitrogen and oxygen atoms in total. The van der Waals surface area contributed by atoms with Crippen LogP contribution in [-0.4, -0.2) is 10.9 Å². The highest BCUT2D eigenvalue weighted by atomic mass is 79.9. The molecule has 1 aromatic rings. The molecule has 0 bridgehead atoms. The summed E-state index contributed by atoms with van der Waals surface area (Å²) >= 11 is 3.86. The van der Waals surface area contributed by atoms with E-state index in [2.05, 4.69) is 47.1 Å². The number of aryl methyl sites for hydroxylation is 1. The third kappa shape index (κ3) is 2.64. The smallest absolute Gasteiger partial charge is 0.119 e. The molecule has 1 aromatic carbocycles. The van der Waals surface area contributed by atoms with Crippen molar-refractivity contribution in [3.63, 3.8) is 0 Å². The van der Waals surface area contributed by atoms with E-state index >= 15 is 0 Å². The van der Waals surface area contributed by atoms with E-state index in [-0.39, 0.29) is 0 Å². The quantitative estimate of drug-likeness (QED) is 0.644. The second-order valence-corrected chi connectivity index (χ2v) is 7.60. The van der Waals surface area contributed by atoms with E-state index in [0.29, 0.717) is 16.3 Å². The second-order valence-electron chi connectivity index (χ2n) is 6.50. The van der Waals surface area contributed by atoms with Crippen LogP contribution in [0.15, 0.2) is 24.3 Å². The first-order chi connectivity index (χ1) is 9.74. The van der Waals surface area contributed by atoms with Crippen LogP contribution in [0.25, 0.3) is 0 Å². The van der Waals surface area contributed by atoms with Crippen LogP contribution < -0.4 is 4.74 Å². The molecule has 2 aliphatic carbocycles. The van der Waals surface area contributed by atoms with Crippen molar-refractivity contribution >= 4 is 15.9 Å². The average Bonchev–Trinajstić information content (AvgIpc) is 2.99. The highest BCUT2D eigenvalue weighted by Crippen LogP contribution is 2.57. The lowest BCUT2D eigenvalue weighted by molar-refractivity contribution is -0.0303. The van der Waals surface area contributed by atoms with Gasteiger partial charge in [-0.05, 0) is 49.8 Å². The molecule has 0 N–H and O–H groups in total. The third-order valence-electron chi connectivity index (χ3n) is 5.24. The fraction of sp³-hybridized carbons (Fsp3) is 0.667. The molecular weight excluding hydrogens is 312 g/mol. The predicted octanol–water partition coefficient (Wildman–Crippen LogP) is 5.50. The van der Waals surface area contributed by atoms with Gasteiger partial charge < -0.3 is 4.74 Å². The van der Waals surface area contributed by atoms with Gasteiger partial charge in [-0.3, -0.25) is 0 Å². The van der Waals surface area contributed by atoms with Crippen molar-refractivity contribution in [2.45, 2.75) is 69.2 Å². The van der Waals surface area contributed by atoms with Crippen molar-refractivity contribution in [3.05, 3.63) is 29.8 Å². The zero-order valence-electron chi connectivity index (χ0n) is 12.4. The molecule has 110 valence electrons. The van der Waals surface area contributed by atoms with Gasteiger partial charge in [0.05, 0.1) is 0 Å². The Morgan fingerprint density at radius 3 is 2.50 bits per heavy atom. The summed E-state index contributed by atoms with van der Waals surface area (Å²) in [4.78, 5) is 0.673. The minimum atomic E-state index is 0.427. The molecule has 2 fully saturated rings. The number of ether oxygens (including phenoxy) is 1. The number of hydrogen-bond donors (Lipinski definition) is 0. The summed E-state index contributed by atoms with van der Waals surface area (Å²) in [5, 5.41) is 0. The standard InChI is InChI=1S/C18H25BrO/c1-2-3-6-14-7-9-15(10-8-14)20-17-13-16(19)18(17)11-4-5-12-18/h7-10,16-17H,2-6,11-13H2,1H3. The summed E-state index contributed by atoms with van der Waals surface area (Å²) in [7, 11) is 0. The van der Waals surface area contributed by atoms with Crippen LogP contribution in [-0.2, 0) is 6.42 Å². The first kappa shape index (κ1) is 14.4. The monoisotopic (exact) mass is 336 g/mol. The lowest BCUT2D eigenvalue weighted by atomic mass is 9.64. The zero-order chi connectivity index (χ0) is 14.0. The van der Waals surface area contributed by atoms with Crippen LogP contribution in [0.5, 0.6) is 5.75 Å². The van der Waals surface area contributed by atoms with Gasteiger partial charge in [-0.2, -0.15) is 0 Å². The SMILES string of the molecule is CCCCc1ccc(OC2CC(Br)C23CCCC3)cc1. The molecule has 0 aromatic heterocycles. The van der Waals surface area contributed by atoms with Gasteiger partial charge in [0.2, 0.25) is 0 Å². The van der Waals surface area contributed by atoms with Crippen molar-refractivity contribution in [2.75, 3.05) is 0 Å². The Morgan fingerprint density at radius 1 is 1.20 bits per heavy atom. The summed E-state index contributed by atoms with van der Waals surface area (Å²) in [5.74, 6) is 1.06. The lowest BCUT2D eigenvalue weighted by Crippen LogP contribution is -2.55. The number of rotatable bonds is 5. The number of benzene rings is 1. The normalized spacial score (nSPS) is 27.5. The largest absolute Gasteiger partial charge is 0.490 e. The average molecular weight is 337 g/mol. The van der Waals surface area contributed by atoms with E-state index in [0.717, 1.165) is 12.2 Å². The van der Waals surface area contributed by atoms with Crippen LogP contribution in [0, 0.1) is 5.41 Å². The van der Waals surface area contributed by atoms with E-state index in [1.807, 2.05) is 0 Å². The molecule has 3 rings (SSSR count). The van der Waals surface area contributed by atoms with Crippen molar-refractivity contribution in [2.24, 2.45) is 5.41 Å². The number of hydrogen-bond acceptors (Lipinski definition) is 1. The van der Waals surface area contributed by atoms with Crippen LogP contribution in [0.2, 0.25) is 0 Å². The molecule has 0 heterocycles. The van der Waals surface area contributed by atoms with E-state index in [1.54, 1.807) is 0 Å². The van der Waals surface area contributed by atoms with Crippen LogP contribution >= 0.6 is 15.9 Å². The van der Waals surface area contributed by atoms with Crippen molar-refractivity contribution in [3.8, 4) is 5.75 Å². The minimum absolute atomic E-state index is 0.427. The van der Waals surface area contributed by atoms with Gasteiger partial charge in [0, 0.05) is 10.2 Å². The van der Waals surface area contributed by atoms with Crippen molar-refractivity contribution in [1.82, 2.24) is 0 Å². The maximum Gasteiger partial charge on any atom is 0.119 e. The molecular formula is C18H25BrO. The number of alkyl halides is 1. The highest BCUT2D eigenvalue weighted by Gasteiger charge is 2.56. The van der Waals surface area contributed by atoms with Gasteiger partial charge >= 0.3 is 0 Å². The maximum atomic E-state index is 6.29. The summed E-state index contributed by atoms with van der Waals surface area (Å²) in [6, 6.07) is 8.79. The first-order valence-electron chi connectivity index (χ1n) is 8.14. The third-order valence-corrected chi connectivity index (χ3v) is 6.53. The van der Waals surface area contributed by atoms with E-state index < -0.39 is 0 Å². The summed E-state index contributed by atoms with van der Waals surface area (Å²) in [6.07, 6.45) is 10.7. The van der Waals surface area contributed by atoms with E-state index in [9.17, 15) is 0 Å². The van der Waals surface area contributed by atoms with E-state index in [4.69, 9.17) is 4.74 Å². The topological polar surface area (TPSA) is 9.23 Å². The molecule has 0 radical (unpaired) electrons. The highest BCUT2D eigenvalue weighted by molar-refractivity contribution is 9.09. The zero-order valence-corrected chi connectivity index (χ0v) is 14.0. The maximum absolute atomic E-state index is 6.29.